The van der Waals surface area contributed by atoms with Crippen molar-refractivity contribution in [2.24, 2.45) is 0 Å². The summed E-state index contributed by atoms with van der Waals surface area (Å²) in [7, 11) is 0. The maximum absolute atomic E-state index is 12.7. The molecular weight excluding hydrogens is 422 g/mol. The Morgan fingerprint density at radius 1 is 1.38 bits per heavy atom. The Balaban J connectivity index is 1.81. The summed E-state index contributed by atoms with van der Waals surface area (Å²) in [5.74, 6) is -0.180. The summed E-state index contributed by atoms with van der Waals surface area (Å²) in [6.07, 6.45) is 4.50. The van der Waals surface area contributed by atoms with E-state index in [1.54, 1.807) is 19.2 Å². The summed E-state index contributed by atoms with van der Waals surface area (Å²) in [5.41, 5.74) is 0.173. The third-order valence-corrected chi connectivity index (χ3v) is 5.28. The normalized spacial score (nSPS) is 11.9. The van der Waals surface area contributed by atoms with Crippen molar-refractivity contribution >= 4 is 29.0 Å². The molecule has 3 aromatic rings. The van der Waals surface area contributed by atoms with Crippen molar-refractivity contribution in [2.45, 2.75) is 24.5 Å². The number of carbonyl (C=O) groups is 1. The van der Waals surface area contributed by atoms with Crippen molar-refractivity contribution in [2.75, 3.05) is 6.26 Å². The quantitative estimate of drug-likeness (QED) is 0.566. The molecule has 0 saturated heterocycles. The third-order valence-electron chi connectivity index (χ3n) is 3.70. The number of alkyl halides is 2. The van der Waals surface area contributed by atoms with Crippen LogP contribution >= 0.6 is 23.1 Å². The molecule has 0 fully saturated rings. The first-order valence-electron chi connectivity index (χ1n) is 8.12. The van der Waals surface area contributed by atoms with E-state index in [0.29, 0.717) is 20.7 Å². The van der Waals surface area contributed by atoms with Gasteiger partial charge < -0.3 is 10.1 Å². The van der Waals surface area contributed by atoms with E-state index in [9.17, 15) is 13.6 Å². The van der Waals surface area contributed by atoms with Gasteiger partial charge in [-0.05, 0) is 31.4 Å². The maximum atomic E-state index is 12.7. The zero-order valence-electron chi connectivity index (χ0n) is 15.2. The number of amides is 1. The lowest BCUT2D eigenvalue weighted by Crippen LogP contribution is -2.28. The fourth-order valence-corrected chi connectivity index (χ4v) is 3.60. The standard InChI is InChI=1S/C17H14F2N6O2S2/c1-9(14-22-8-23-25(14)17-21-7-13(6-20)29-17)24-15(26)10-3-11(27-16(18)19)5-12(4-10)28-2/h3-5,7-9,16H,1-2H3,(H,24,26)/t9-/m0/s1. The molecule has 29 heavy (non-hydrogen) atoms. The molecule has 1 atom stereocenters. The van der Waals surface area contributed by atoms with Gasteiger partial charge in [-0.2, -0.15) is 23.8 Å². The number of ether oxygens (including phenoxy) is 1. The van der Waals surface area contributed by atoms with Crippen molar-refractivity contribution in [3.05, 3.63) is 47.0 Å². The molecule has 1 aromatic carbocycles. The molecule has 0 spiro atoms. The van der Waals surface area contributed by atoms with Crippen molar-refractivity contribution < 1.29 is 18.3 Å². The van der Waals surface area contributed by atoms with E-state index in [4.69, 9.17) is 5.26 Å². The van der Waals surface area contributed by atoms with Crippen molar-refractivity contribution in [3.8, 4) is 17.0 Å². The molecule has 0 saturated carbocycles. The molecule has 0 aliphatic heterocycles. The van der Waals surface area contributed by atoms with Crippen molar-refractivity contribution in [1.29, 1.82) is 5.26 Å². The number of nitriles is 1. The topological polar surface area (TPSA) is 106 Å². The summed E-state index contributed by atoms with van der Waals surface area (Å²) >= 11 is 2.43. The van der Waals surface area contributed by atoms with Gasteiger partial charge in [-0.25, -0.2) is 9.97 Å². The molecule has 150 valence electrons. The van der Waals surface area contributed by atoms with Crippen LogP contribution in [0.3, 0.4) is 0 Å². The fraction of sp³-hybridized carbons (Fsp3) is 0.235. The lowest BCUT2D eigenvalue weighted by molar-refractivity contribution is -0.0500. The van der Waals surface area contributed by atoms with Gasteiger partial charge in [0, 0.05) is 10.5 Å². The minimum absolute atomic E-state index is 0.0976. The number of rotatable bonds is 7. The van der Waals surface area contributed by atoms with Gasteiger partial charge in [0.05, 0.1) is 12.2 Å². The second kappa shape index (κ2) is 8.97. The Labute approximate surface area is 172 Å². The van der Waals surface area contributed by atoms with Crippen LogP contribution in [-0.2, 0) is 0 Å². The van der Waals surface area contributed by atoms with Crippen molar-refractivity contribution in [1.82, 2.24) is 25.1 Å². The molecule has 0 aliphatic carbocycles. The summed E-state index contributed by atoms with van der Waals surface area (Å²) in [6.45, 7) is -1.29. The number of hydrogen-bond acceptors (Lipinski definition) is 8. The van der Waals surface area contributed by atoms with Crippen LogP contribution in [0.5, 0.6) is 5.75 Å². The minimum Gasteiger partial charge on any atom is -0.435 e. The molecule has 2 heterocycles. The van der Waals surface area contributed by atoms with E-state index in [0.717, 1.165) is 11.3 Å². The molecule has 3 rings (SSSR count). The number of thioether (sulfide) groups is 1. The molecule has 12 heteroatoms. The molecule has 0 unspecified atom stereocenters. The van der Waals surface area contributed by atoms with E-state index in [-0.39, 0.29) is 11.3 Å². The van der Waals surface area contributed by atoms with Crippen LogP contribution in [-0.4, -0.2) is 38.5 Å². The molecule has 1 N–H and O–H groups in total. The monoisotopic (exact) mass is 436 g/mol. The van der Waals surface area contributed by atoms with Crippen LogP contribution in [0.25, 0.3) is 5.13 Å². The zero-order valence-corrected chi connectivity index (χ0v) is 16.8. The highest BCUT2D eigenvalue weighted by molar-refractivity contribution is 7.98. The van der Waals surface area contributed by atoms with Gasteiger partial charge in [-0.15, -0.1) is 11.8 Å². The van der Waals surface area contributed by atoms with Gasteiger partial charge in [0.2, 0.25) is 5.13 Å². The van der Waals surface area contributed by atoms with Crippen molar-refractivity contribution in [3.63, 3.8) is 0 Å². The number of benzene rings is 1. The Bertz CT molecular complexity index is 1060. The number of hydrogen-bond donors (Lipinski definition) is 1. The molecule has 0 aliphatic rings. The molecular formula is C17H14F2N6O2S2. The van der Waals surface area contributed by atoms with E-state index < -0.39 is 18.6 Å². The molecule has 1 amide bonds. The SMILES string of the molecule is CSc1cc(OC(F)F)cc(C(=O)N[C@@H](C)c2ncnn2-c2ncc(C#N)s2)c1. The van der Waals surface area contributed by atoms with Crippen LogP contribution in [0.4, 0.5) is 8.78 Å². The van der Waals surface area contributed by atoms with Crippen LogP contribution in [0, 0.1) is 11.3 Å². The lowest BCUT2D eigenvalue weighted by Gasteiger charge is -2.15. The number of carbonyl (C=O) groups excluding carboxylic acids is 1. The third kappa shape index (κ3) is 4.87. The average Bonchev–Trinajstić information content (AvgIpc) is 3.35. The highest BCUT2D eigenvalue weighted by Gasteiger charge is 2.20. The van der Waals surface area contributed by atoms with Crippen LogP contribution in [0.1, 0.15) is 34.0 Å². The van der Waals surface area contributed by atoms with Gasteiger partial charge >= 0.3 is 6.61 Å². The van der Waals surface area contributed by atoms with Crippen LogP contribution < -0.4 is 10.1 Å². The summed E-state index contributed by atoms with van der Waals surface area (Å²) in [4.78, 5) is 22.0. The van der Waals surface area contributed by atoms with E-state index in [1.807, 2.05) is 6.07 Å². The lowest BCUT2D eigenvalue weighted by atomic mass is 10.2. The second-order valence-corrected chi connectivity index (χ2v) is 7.51. The highest BCUT2D eigenvalue weighted by Crippen LogP contribution is 2.26. The van der Waals surface area contributed by atoms with Gasteiger partial charge in [0.1, 0.15) is 23.0 Å². The minimum atomic E-state index is -2.99. The second-order valence-electron chi connectivity index (χ2n) is 5.62. The molecule has 0 bridgehead atoms. The van der Waals surface area contributed by atoms with Gasteiger partial charge in [-0.1, -0.05) is 11.3 Å². The van der Waals surface area contributed by atoms with E-state index in [2.05, 4.69) is 25.1 Å². The summed E-state index contributed by atoms with van der Waals surface area (Å²) in [5, 5.41) is 16.2. The number of aromatic nitrogens is 4. The Hall–Kier alpha value is -3.04. The fourth-order valence-electron chi connectivity index (χ4n) is 2.44. The Kier molecular flexibility index (Phi) is 6.40. The van der Waals surface area contributed by atoms with Gasteiger partial charge in [-0.3, -0.25) is 4.79 Å². The van der Waals surface area contributed by atoms with E-state index >= 15 is 0 Å². The number of nitrogens with zero attached hydrogens (tertiary/aromatic N) is 5. The average molecular weight is 436 g/mol. The molecule has 0 radical (unpaired) electrons. The molecule has 2 aromatic heterocycles. The first-order valence-corrected chi connectivity index (χ1v) is 10.2. The maximum Gasteiger partial charge on any atom is 0.387 e. The first-order chi connectivity index (χ1) is 13.9. The van der Waals surface area contributed by atoms with Gasteiger partial charge in [0.25, 0.3) is 5.91 Å². The smallest absolute Gasteiger partial charge is 0.387 e. The Morgan fingerprint density at radius 2 is 2.17 bits per heavy atom. The Morgan fingerprint density at radius 3 is 2.83 bits per heavy atom. The van der Waals surface area contributed by atoms with Gasteiger partial charge in [0.15, 0.2) is 5.82 Å². The number of halogens is 2. The number of nitrogens with one attached hydrogen (secondary N) is 1. The highest BCUT2D eigenvalue weighted by atomic mass is 32.2. The predicted octanol–water partition coefficient (Wildman–Crippen LogP) is 3.41. The van der Waals surface area contributed by atoms with E-state index in [1.165, 1.54) is 41.1 Å². The summed E-state index contributed by atoms with van der Waals surface area (Å²) < 4.78 is 30.9. The predicted molar refractivity (Wildman–Crippen MR) is 102 cm³/mol. The molecule has 8 nitrogen and oxygen atoms in total. The first kappa shape index (κ1) is 20.7. The zero-order chi connectivity index (χ0) is 21.0. The summed E-state index contributed by atoms with van der Waals surface area (Å²) in [6, 6.07) is 5.69. The van der Waals surface area contributed by atoms with Crippen LogP contribution in [0.2, 0.25) is 0 Å². The number of thiazole rings is 1. The largest absolute Gasteiger partial charge is 0.435 e. The van der Waals surface area contributed by atoms with Crippen LogP contribution in [0.15, 0.2) is 35.6 Å².